The van der Waals surface area contributed by atoms with Gasteiger partial charge in [-0.2, -0.15) is 5.26 Å². The Kier molecular flexibility index (Phi) is 4.43. The second kappa shape index (κ2) is 7.03. The first kappa shape index (κ1) is 16.4. The standard InChI is InChI=1S/C23H15BrN2/c24-21-8-3-7-18(13-21)20(16-25)15-22-9-4-12-26(22)23-11-10-17-5-1-2-6-19(17)14-23/h1-15H/b20-15-. The van der Waals surface area contributed by atoms with Gasteiger partial charge in [-0.25, -0.2) is 0 Å². The fraction of sp³-hybridized carbons (Fsp3) is 0. The normalized spacial score (nSPS) is 11.5. The summed E-state index contributed by atoms with van der Waals surface area (Å²) in [4.78, 5) is 0. The first-order chi connectivity index (χ1) is 12.7. The minimum atomic E-state index is 0.632. The van der Waals surface area contributed by atoms with Crippen molar-refractivity contribution >= 4 is 38.4 Å². The van der Waals surface area contributed by atoms with Crippen molar-refractivity contribution in [2.45, 2.75) is 0 Å². The van der Waals surface area contributed by atoms with Gasteiger partial charge >= 0.3 is 0 Å². The zero-order valence-electron chi connectivity index (χ0n) is 13.9. The van der Waals surface area contributed by atoms with Crippen LogP contribution in [-0.4, -0.2) is 4.57 Å². The largest absolute Gasteiger partial charge is 0.317 e. The van der Waals surface area contributed by atoms with Crippen molar-refractivity contribution in [3.8, 4) is 11.8 Å². The van der Waals surface area contributed by atoms with Gasteiger partial charge < -0.3 is 4.57 Å². The molecule has 0 atom stereocenters. The Morgan fingerprint density at radius 1 is 0.885 bits per heavy atom. The zero-order chi connectivity index (χ0) is 17.9. The minimum absolute atomic E-state index is 0.632. The number of nitrogens with zero attached hydrogens (tertiary/aromatic N) is 2. The maximum Gasteiger partial charge on any atom is 0.0998 e. The molecule has 0 saturated carbocycles. The molecule has 0 radical (unpaired) electrons. The van der Waals surface area contributed by atoms with Gasteiger partial charge in [0, 0.05) is 22.1 Å². The maximum atomic E-state index is 9.63. The van der Waals surface area contributed by atoms with Crippen LogP contribution in [0.2, 0.25) is 0 Å². The molecule has 2 nitrogen and oxygen atoms in total. The molecule has 0 saturated heterocycles. The van der Waals surface area contributed by atoms with Crippen LogP contribution >= 0.6 is 15.9 Å². The van der Waals surface area contributed by atoms with Crippen molar-refractivity contribution in [2.24, 2.45) is 0 Å². The molecule has 0 fully saturated rings. The summed E-state index contributed by atoms with van der Waals surface area (Å²) in [6, 6.07) is 28.8. The Morgan fingerprint density at radius 3 is 2.54 bits per heavy atom. The molecule has 3 aromatic carbocycles. The van der Waals surface area contributed by atoms with E-state index in [0.717, 1.165) is 21.4 Å². The molecule has 26 heavy (non-hydrogen) atoms. The number of hydrogen-bond acceptors (Lipinski definition) is 1. The highest BCUT2D eigenvalue weighted by atomic mass is 79.9. The molecule has 3 heteroatoms. The fourth-order valence-corrected chi connectivity index (χ4v) is 3.46. The number of halogens is 1. The van der Waals surface area contributed by atoms with Crippen LogP contribution in [0.3, 0.4) is 0 Å². The topological polar surface area (TPSA) is 28.7 Å². The van der Waals surface area contributed by atoms with Crippen LogP contribution in [0.25, 0.3) is 28.1 Å². The van der Waals surface area contributed by atoms with E-state index < -0.39 is 0 Å². The van der Waals surface area contributed by atoms with Crippen molar-refractivity contribution in [2.75, 3.05) is 0 Å². The predicted molar refractivity (Wildman–Crippen MR) is 111 cm³/mol. The van der Waals surface area contributed by atoms with Crippen LogP contribution in [0.15, 0.2) is 89.5 Å². The molecule has 0 aliphatic carbocycles. The van der Waals surface area contributed by atoms with Crippen molar-refractivity contribution in [3.05, 3.63) is 101 Å². The van der Waals surface area contributed by atoms with E-state index in [1.165, 1.54) is 10.8 Å². The summed E-state index contributed by atoms with van der Waals surface area (Å²) in [5.41, 5.74) is 3.57. The Morgan fingerprint density at radius 2 is 1.73 bits per heavy atom. The molecule has 1 heterocycles. The van der Waals surface area contributed by atoms with E-state index in [-0.39, 0.29) is 0 Å². The number of fused-ring (bicyclic) bond motifs is 1. The monoisotopic (exact) mass is 398 g/mol. The Bertz CT molecular complexity index is 1160. The van der Waals surface area contributed by atoms with E-state index in [0.29, 0.717) is 5.57 Å². The van der Waals surface area contributed by atoms with Gasteiger partial charge in [0.05, 0.1) is 11.6 Å². The molecule has 124 valence electrons. The second-order valence-corrected chi connectivity index (χ2v) is 6.93. The molecular formula is C23H15BrN2. The molecule has 1 aromatic heterocycles. The number of rotatable bonds is 3. The summed E-state index contributed by atoms with van der Waals surface area (Å²) in [6.45, 7) is 0. The van der Waals surface area contributed by atoms with E-state index in [4.69, 9.17) is 0 Å². The molecule has 0 aliphatic heterocycles. The van der Waals surface area contributed by atoms with Crippen LogP contribution in [0.1, 0.15) is 11.3 Å². The van der Waals surface area contributed by atoms with Crippen molar-refractivity contribution in [1.82, 2.24) is 4.57 Å². The molecule has 0 unspecified atom stereocenters. The number of benzene rings is 3. The number of allylic oxidation sites excluding steroid dienone is 1. The molecule has 0 aliphatic rings. The van der Waals surface area contributed by atoms with Gasteiger partial charge in [0.2, 0.25) is 0 Å². The maximum absolute atomic E-state index is 9.63. The Labute approximate surface area is 160 Å². The van der Waals surface area contributed by atoms with E-state index in [1.807, 2.05) is 60.8 Å². The van der Waals surface area contributed by atoms with Gasteiger partial charge in [-0.3, -0.25) is 0 Å². The average Bonchev–Trinajstić information content (AvgIpc) is 3.14. The minimum Gasteiger partial charge on any atom is -0.317 e. The van der Waals surface area contributed by atoms with Gasteiger partial charge in [0.1, 0.15) is 0 Å². The summed E-state index contributed by atoms with van der Waals surface area (Å²) >= 11 is 3.47. The molecule has 4 aromatic rings. The summed E-state index contributed by atoms with van der Waals surface area (Å²) in [7, 11) is 0. The zero-order valence-corrected chi connectivity index (χ0v) is 15.5. The van der Waals surface area contributed by atoms with E-state index in [9.17, 15) is 5.26 Å². The van der Waals surface area contributed by atoms with Gasteiger partial charge in [-0.05, 0) is 58.8 Å². The van der Waals surface area contributed by atoms with Crippen molar-refractivity contribution in [1.29, 1.82) is 5.26 Å². The van der Waals surface area contributed by atoms with Crippen molar-refractivity contribution < 1.29 is 0 Å². The SMILES string of the molecule is N#C/C(=C/c1cccn1-c1ccc2ccccc2c1)c1cccc(Br)c1. The highest BCUT2D eigenvalue weighted by molar-refractivity contribution is 9.10. The fourth-order valence-electron chi connectivity index (χ4n) is 3.06. The van der Waals surface area contributed by atoms with Gasteiger partial charge in [-0.15, -0.1) is 0 Å². The lowest BCUT2D eigenvalue weighted by molar-refractivity contribution is 1.07. The van der Waals surface area contributed by atoms with Gasteiger partial charge in [-0.1, -0.05) is 58.4 Å². The first-order valence-corrected chi connectivity index (χ1v) is 9.08. The third kappa shape index (κ3) is 3.20. The van der Waals surface area contributed by atoms with Crippen LogP contribution in [-0.2, 0) is 0 Å². The molecule has 4 rings (SSSR count). The summed E-state index contributed by atoms with van der Waals surface area (Å²) in [6.07, 6.45) is 3.95. The first-order valence-electron chi connectivity index (χ1n) is 8.29. The third-order valence-electron chi connectivity index (χ3n) is 4.34. The molecule has 0 N–H and O–H groups in total. The van der Waals surface area contributed by atoms with E-state index in [2.05, 4.69) is 56.9 Å². The second-order valence-electron chi connectivity index (χ2n) is 6.01. The lowest BCUT2D eigenvalue weighted by Crippen LogP contribution is -1.95. The highest BCUT2D eigenvalue weighted by Gasteiger charge is 2.06. The predicted octanol–water partition coefficient (Wildman–Crippen LogP) is 6.46. The molecule has 0 spiro atoms. The van der Waals surface area contributed by atoms with Crippen LogP contribution < -0.4 is 0 Å². The number of aromatic nitrogens is 1. The average molecular weight is 399 g/mol. The summed E-state index contributed by atoms with van der Waals surface area (Å²) in [5.74, 6) is 0. The summed E-state index contributed by atoms with van der Waals surface area (Å²) in [5, 5.41) is 12.0. The quantitative estimate of drug-likeness (QED) is 0.364. The van der Waals surface area contributed by atoms with Crippen LogP contribution in [0.4, 0.5) is 0 Å². The highest BCUT2D eigenvalue weighted by Crippen LogP contribution is 2.24. The molecular weight excluding hydrogens is 384 g/mol. The third-order valence-corrected chi connectivity index (χ3v) is 4.83. The van der Waals surface area contributed by atoms with Crippen molar-refractivity contribution in [3.63, 3.8) is 0 Å². The van der Waals surface area contributed by atoms with E-state index >= 15 is 0 Å². The number of hydrogen-bond donors (Lipinski definition) is 0. The Hall–Kier alpha value is -3.09. The molecule has 0 bridgehead atoms. The number of nitriles is 1. The van der Waals surface area contributed by atoms with Gasteiger partial charge in [0.15, 0.2) is 0 Å². The lowest BCUT2D eigenvalue weighted by Gasteiger charge is -2.09. The summed E-state index contributed by atoms with van der Waals surface area (Å²) < 4.78 is 3.06. The van der Waals surface area contributed by atoms with Gasteiger partial charge in [0.25, 0.3) is 0 Å². The van der Waals surface area contributed by atoms with E-state index in [1.54, 1.807) is 0 Å². The van der Waals surface area contributed by atoms with Crippen LogP contribution in [0.5, 0.6) is 0 Å². The smallest absolute Gasteiger partial charge is 0.0998 e. The van der Waals surface area contributed by atoms with Crippen LogP contribution in [0, 0.1) is 11.3 Å². The molecule has 0 amide bonds. The Balaban J connectivity index is 1.79. The lowest BCUT2D eigenvalue weighted by atomic mass is 10.1.